The molecule has 10 nitrogen and oxygen atoms in total. The minimum absolute atomic E-state index is 0.0700. The molecule has 2 amide bonds. The lowest BCUT2D eigenvalue weighted by molar-refractivity contribution is 0.0844. The minimum Gasteiger partial charge on any atom is -0.267 e. The SMILES string of the molecule is CCCCCn1nc(C(=O)NNC(=O)c2cc(C)nc3c2c(C)nn3C)c2ccccc2c1=O. The number of benzene rings is 1. The van der Waals surface area contributed by atoms with Gasteiger partial charge in [-0.2, -0.15) is 10.2 Å². The van der Waals surface area contributed by atoms with Crippen LogP contribution in [-0.2, 0) is 13.6 Å². The Morgan fingerprint density at radius 2 is 1.71 bits per heavy atom. The van der Waals surface area contributed by atoms with Gasteiger partial charge in [0.2, 0.25) is 0 Å². The summed E-state index contributed by atoms with van der Waals surface area (Å²) in [4.78, 5) is 43.3. The van der Waals surface area contributed by atoms with E-state index in [-0.39, 0.29) is 11.3 Å². The van der Waals surface area contributed by atoms with E-state index < -0.39 is 11.8 Å². The Bertz CT molecular complexity index is 1470. The number of aryl methyl sites for hydroxylation is 4. The van der Waals surface area contributed by atoms with Crippen molar-refractivity contribution in [2.45, 2.75) is 46.6 Å². The zero-order valence-electron chi connectivity index (χ0n) is 19.7. The van der Waals surface area contributed by atoms with Crippen molar-refractivity contribution in [1.29, 1.82) is 0 Å². The highest BCUT2D eigenvalue weighted by Crippen LogP contribution is 2.21. The number of nitrogens with one attached hydrogen (secondary N) is 2. The quantitative estimate of drug-likeness (QED) is 0.336. The zero-order valence-corrected chi connectivity index (χ0v) is 19.7. The van der Waals surface area contributed by atoms with Crippen LogP contribution in [0.15, 0.2) is 35.1 Å². The average molecular weight is 462 g/mol. The van der Waals surface area contributed by atoms with E-state index in [0.717, 1.165) is 19.3 Å². The number of aromatic nitrogens is 5. The predicted octanol–water partition coefficient (Wildman–Crippen LogP) is 2.56. The Hall–Kier alpha value is -4.08. The van der Waals surface area contributed by atoms with Crippen molar-refractivity contribution in [2.75, 3.05) is 0 Å². The summed E-state index contributed by atoms with van der Waals surface area (Å²) in [7, 11) is 1.76. The van der Waals surface area contributed by atoms with E-state index in [0.29, 0.717) is 45.3 Å². The third-order valence-corrected chi connectivity index (χ3v) is 5.69. The average Bonchev–Trinajstić information content (AvgIpc) is 3.11. The summed E-state index contributed by atoms with van der Waals surface area (Å²) in [6, 6.07) is 8.48. The molecular weight excluding hydrogens is 434 g/mol. The molecule has 0 unspecified atom stereocenters. The van der Waals surface area contributed by atoms with Gasteiger partial charge in [-0.15, -0.1) is 0 Å². The van der Waals surface area contributed by atoms with Gasteiger partial charge in [0, 0.05) is 24.7 Å². The van der Waals surface area contributed by atoms with Gasteiger partial charge < -0.3 is 0 Å². The van der Waals surface area contributed by atoms with Gasteiger partial charge in [0.1, 0.15) is 0 Å². The molecule has 1 aromatic carbocycles. The Morgan fingerprint density at radius 3 is 2.44 bits per heavy atom. The Morgan fingerprint density at radius 1 is 1.00 bits per heavy atom. The van der Waals surface area contributed by atoms with Gasteiger partial charge in [-0.1, -0.05) is 38.0 Å². The Kier molecular flexibility index (Phi) is 6.40. The molecule has 0 radical (unpaired) electrons. The largest absolute Gasteiger partial charge is 0.290 e. The van der Waals surface area contributed by atoms with Crippen LogP contribution < -0.4 is 16.4 Å². The summed E-state index contributed by atoms with van der Waals surface area (Å²) < 4.78 is 2.94. The number of hydrazine groups is 1. The molecule has 0 aliphatic carbocycles. The molecule has 0 fully saturated rings. The van der Waals surface area contributed by atoms with Gasteiger partial charge in [0.05, 0.1) is 22.0 Å². The fraction of sp³-hybridized carbons (Fsp3) is 0.333. The second-order valence-electron chi connectivity index (χ2n) is 8.26. The molecule has 0 aliphatic heterocycles. The standard InChI is InChI=1S/C24H27N7O3/c1-5-6-9-12-31-24(34)17-11-8-7-10-16(17)20(29-31)23(33)27-26-22(32)18-13-14(2)25-21-19(18)15(3)28-30(21)4/h7-8,10-11,13H,5-6,9,12H2,1-4H3,(H,26,32)(H,27,33). The molecule has 10 heteroatoms. The van der Waals surface area contributed by atoms with Gasteiger partial charge in [-0.05, 0) is 32.4 Å². The molecule has 0 atom stereocenters. The van der Waals surface area contributed by atoms with Crippen molar-refractivity contribution in [1.82, 2.24) is 35.4 Å². The van der Waals surface area contributed by atoms with Gasteiger partial charge in [0.15, 0.2) is 11.3 Å². The van der Waals surface area contributed by atoms with Gasteiger partial charge in [-0.3, -0.25) is 29.9 Å². The highest BCUT2D eigenvalue weighted by Gasteiger charge is 2.20. The fourth-order valence-corrected chi connectivity index (χ4v) is 4.06. The van der Waals surface area contributed by atoms with E-state index >= 15 is 0 Å². The van der Waals surface area contributed by atoms with Crippen LogP contribution in [0.25, 0.3) is 21.8 Å². The van der Waals surface area contributed by atoms with E-state index in [9.17, 15) is 14.4 Å². The number of pyridine rings is 1. The van der Waals surface area contributed by atoms with Crippen molar-refractivity contribution >= 4 is 33.6 Å². The first-order valence-electron chi connectivity index (χ1n) is 11.2. The first kappa shape index (κ1) is 23.1. The molecule has 0 saturated heterocycles. The molecule has 176 valence electrons. The van der Waals surface area contributed by atoms with Gasteiger partial charge in [0.25, 0.3) is 17.4 Å². The molecular formula is C24H27N7O3. The topological polar surface area (TPSA) is 124 Å². The fourth-order valence-electron chi connectivity index (χ4n) is 4.06. The summed E-state index contributed by atoms with van der Waals surface area (Å²) in [5.41, 5.74) is 7.00. The summed E-state index contributed by atoms with van der Waals surface area (Å²) in [6.07, 6.45) is 2.73. The normalized spacial score (nSPS) is 11.2. The molecule has 0 bridgehead atoms. The number of amides is 2. The van der Waals surface area contributed by atoms with Crippen molar-refractivity contribution < 1.29 is 9.59 Å². The molecule has 0 spiro atoms. The number of fused-ring (bicyclic) bond motifs is 2. The first-order chi connectivity index (χ1) is 16.3. The van der Waals surface area contributed by atoms with E-state index in [4.69, 9.17) is 0 Å². The van der Waals surface area contributed by atoms with Crippen molar-refractivity contribution in [2.24, 2.45) is 7.05 Å². The van der Waals surface area contributed by atoms with Crippen LogP contribution in [0.5, 0.6) is 0 Å². The van der Waals surface area contributed by atoms with Crippen LogP contribution in [0.1, 0.15) is 58.4 Å². The predicted molar refractivity (Wildman–Crippen MR) is 128 cm³/mol. The van der Waals surface area contributed by atoms with Crippen molar-refractivity contribution in [3.8, 4) is 0 Å². The smallest absolute Gasteiger partial charge is 0.267 e. The van der Waals surface area contributed by atoms with Crippen LogP contribution in [0.4, 0.5) is 0 Å². The summed E-state index contributed by atoms with van der Waals surface area (Å²) in [6.45, 7) is 6.07. The number of rotatable bonds is 6. The van der Waals surface area contributed by atoms with Crippen LogP contribution in [-0.4, -0.2) is 36.4 Å². The zero-order chi connectivity index (χ0) is 24.4. The molecule has 3 aromatic heterocycles. The van der Waals surface area contributed by atoms with E-state index in [2.05, 4.69) is 33.0 Å². The lowest BCUT2D eigenvalue weighted by Gasteiger charge is -2.12. The third-order valence-electron chi connectivity index (χ3n) is 5.69. The van der Waals surface area contributed by atoms with Crippen LogP contribution in [0, 0.1) is 13.8 Å². The molecule has 34 heavy (non-hydrogen) atoms. The lowest BCUT2D eigenvalue weighted by Crippen LogP contribution is -2.43. The van der Waals surface area contributed by atoms with Gasteiger partial charge in [-0.25, -0.2) is 9.67 Å². The highest BCUT2D eigenvalue weighted by atomic mass is 16.2. The number of carbonyl (C=O) groups excluding carboxylic acids is 2. The van der Waals surface area contributed by atoms with Crippen LogP contribution >= 0.6 is 0 Å². The number of nitrogens with zero attached hydrogens (tertiary/aromatic N) is 5. The van der Waals surface area contributed by atoms with E-state index in [1.165, 1.54) is 4.68 Å². The number of carbonyl (C=O) groups is 2. The molecule has 0 aliphatic rings. The molecule has 2 N–H and O–H groups in total. The summed E-state index contributed by atoms with van der Waals surface area (Å²) >= 11 is 0. The summed E-state index contributed by atoms with van der Waals surface area (Å²) in [5, 5.41) is 10.1. The second kappa shape index (κ2) is 9.42. The molecule has 0 saturated carbocycles. The summed E-state index contributed by atoms with van der Waals surface area (Å²) in [5.74, 6) is -1.11. The Labute approximate surface area is 196 Å². The van der Waals surface area contributed by atoms with Crippen molar-refractivity contribution in [3.05, 3.63) is 63.3 Å². The lowest BCUT2D eigenvalue weighted by atomic mass is 10.1. The maximum Gasteiger partial charge on any atom is 0.290 e. The van der Waals surface area contributed by atoms with Crippen molar-refractivity contribution in [3.63, 3.8) is 0 Å². The Balaban J connectivity index is 1.63. The first-order valence-corrected chi connectivity index (χ1v) is 11.2. The molecule has 4 aromatic rings. The van der Waals surface area contributed by atoms with Crippen LogP contribution in [0.3, 0.4) is 0 Å². The monoisotopic (exact) mass is 461 g/mol. The maximum absolute atomic E-state index is 13.1. The molecule has 4 rings (SSSR count). The minimum atomic E-state index is -0.612. The number of hydrogen-bond acceptors (Lipinski definition) is 6. The van der Waals surface area contributed by atoms with E-state index in [1.54, 1.807) is 55.9 Å². The third kappa shape index (κ3) is 4.26. The van der Waals surface area contributed by atoms with Crippen LogP contribution in [0.2, 0.25) is 0 Å². The van der Waals surface area contributed by atoms with Gasteiger partial charge >= 0.3 is 0 Å². The van der Waals surface area contributed by atoms with E-state index in [1.807, 2.05) is 0 Å². The maximum atomic E-state index is 13.1. The number of hydrogen-bond donors (Lipinski definition) is 2. The second-order valence-corrected chi connectivity index (χ2v) is 8.26. The number of unbranched alkanes of at least 4 members (excludes halogenated alkanes) is 2. The molecule has 3 heterocycles. The highest BCUT2D eigenvalue weighted by molar-refractivity contribution is 6.09.